The quantitative estimate of drug-likeness (QED) is 0.701. The van der Waals surface area contributed by atoms with E-state index in [9.17, 15) is 9.59 Å². The van der Waals surface area contributed by atoms with Gasteiger partial charge in [-0.1, -0.05) is 49.3 Å². The average molecular weight is 411 g/mol. The molecule has 1 aromatic heterocycles. The molecule has 0 bridgehead atoms. The van der Waals surface area contributed by atoms with Crippen molar-refractivity contribution in [2.24, 2.45) is 0 Å². The SMILES string of the molecule is CC(=O)N(CCc1noc(C(C)C)n1)C1CCN(C(=O)C2(c3ccccc3)CC2)C1. The maximum Gasteiger partial charge on any atom is 0.233 e. The number of amides is 2. The predicted molar refractivity (Wildman–Crippen MR) is 112 cm³/mol. The summed E-state index contributed by atoms with van der Waals surface area (Å²) in [7, 11) is 0. The van der Waals surface area contributed by atoms with Crippen molar-refractivity contribution in [2.45, 2.75) is 63.8 Å². The molecule has 2 heterocycles. The molecule has 1 unspecified atom stereocenters. The summed E-state index contributed by atoms with van der Waals surface area (Å²) in [5.41, 5.74) is 0.759. The fourth-order valence-electron chi connectivity index (χ4n) is 4.41. The molecule has 1 saturated carbocycles. The number of carbonyl (C=O) groups is 2. The zero-order valence-electron chi connectivity index (χ0n) is 18.0. The first-order valence-electron chi connectivity index (χ1n) is 10.9. The normalized spacial score (nSPS) is 19.9. The van der Waals surface area contributed by atoms with Gasteiger partial charge in [0.15, 0.2) is 5.82 Å². The first-order valence-corrected chi connectivity index (χ1v) is 10.9. The summed E-state index contributed by atoms with van der Waals surface area (Å²) in [6, 6.07) is 10.1. The topological polar surface area (TPSA) is 79.5 Å². The van der Waals surface area contributed by atoms with Crippen LogP contribution in [0.15, 0.2) is 34.9 Å². The molecule has 1 aromatic carbocycles. The number of carbonyl (C=O) groups excluding carboxylic acids is 2. The zero-order valence-corrected chi connectivity index (χ0v) is 18.0. The number of hydrogen-bond acceptors (Lipinski definition) is 5. The summed E-state index contributed by atoms with van der Waals surface area (Å²) >= 11 is 0. The molecule has 1 atom stereocenters. The molecule has 30 heavy (non-hydrogen) atoms. The van der Waals surface area contributed by atoms with Crippen LogP contribution in [0.4, 0.5) is 0 Å². The summed E-state index contributed by atoms with van der Waals surface area (Å²) in [6.07, 6.45) is 3.17. The molecule has 1 aliphatic carbocycles. The average Bonchev–Trinajstić information content (AvgIpc) is 3.16. The highest BCUT2D eigenvalue weighted by atomic mass is 16.5. The van der Waals surface area contributed by atoms with E-state index >= 15 is 0 Å². The van der Waals surface area contributed by atoms with Crippen molar-refractivity contribution in [1.82, 2.24) is 19.9 Å². The van der Waals surface area contributed by atoms with Crippen LogP contribution in [0.3, 0.4) is 0 Å². The Kier molecular flexibility index (Phi) is 5.62. The molecule has 1 aliphatic heterocycles. The van der Waals surface area contributed by atoms with Gasteiger partial charge in [-0.05, 0) is 24.8 Å². The second-order valence-electron chi connectivity index (χ2n) is 8.81. The Labute approximate surface area is 177 Å². The van der Waals surface area contributed by atoms with Gasteiger partial charge in [-0.25, -0.2) is 0 Å². The van der Waals surface area contributed by atoms with E-state index in [2.05, 4.69) is 22.3 Å². The summed E-state index contributed by atoms with van der Waals surface area (Å²) in [6.45, 7) is 7.42. The Morgan fingerprint density at radius 2 is 2.00 bits per heavy atom. The number of rotatable bonds is 7. The first-order chi connectivity index (χ1) is 14.4. The van der Waals surface area contributed by atoms with Crippen LogP contribution in [0, 0.1) is 0 Å². The minimum atomic E-state index is -0.352. The van der Waals surface area contributed by atoms with Crippen molar-refractivity contribution in [3.63, 3.8) is 0 Å². The van der Waals surface area contributed by atoms with E-state index in [0.29, 0.717) is 37.8 Å². The molecule has 160 valence electrons. The second kappa shape index (κ2) is 8.20. The Bertz CT molecular complexity index is 904. The van der Waals surface area contributed by atoms with E-state index in [1.807, 2.05) is 41.8 Å². The van der Waals surface area contributed by atoms with Crippen LogP contribution in [0.5, 0.6) is 0 Å². The highest BCUT2D eigenvalue weighted by molar-refractivity contribution is 5.91. The van der Waals surface area contributed by atoms with Gasteiger partial charge in [-0.15, -0.1) is 0 Å². The number of benzene rings is 1. The van der Waals surface area contributed by atoms with Crippen LogP contribution in [0.25, 0.3) is 0 Å². The Hall–Kier alpha value is -2.70. The molecule has 4 rings (SSSR count). The maximum atomic E-state index is 13.3. The number of hydrogen-bond donors (Lipinski definition) is 0. The number of nitrogens with zero attached hydrogens (tertiary/aromatic N) is 4. The van der Waals surface area contributed by atoms with Gasteiger partial charge in [-0.2, -0.15) is 4.98 Å². The monoisotopic (exact) mass is 410 g/mol. The van der Waals surface area contributed by atoms with Crippen LogP contribution in [-0.2, 0) is 21.4 Å². The van der Waals surface area contributed by atoms with Crippen LogP contribution >= 0.6 is 0 Å². The lowest BCUT2D eigenvalue weighted by molar-refractivity contribution is -0.135. The van der Waals surface area contributed by atoms with Crippen LogP contribution in [0.2, 0.25) is 0 Å². The van der Waals surface area contributed by atoms with Gasteiger partial charge >= 0.3 is 0 Å². The minimum Gasteiger partial charge on any atom is -0.340 e. The fraction of sp³-hybridized carbons (Fsp3) is 0.565. The van der Waals surface area contributed by atoms with Gasteiger partial charge in [0.05, 0.1) is 11.5 Å². The number of aromatic nitrogens is 2. The Balaban J connectivity index is 1.39. The molecular weight excluding hydrogens is 380 g/mol. The smallest absolute Gasteiger partial charge is 0.233 e. The van der Waals surface area contributed by atoms with E-state index in [1.165, 1.54) is 0 Å². The molecule has 2 fully saturated rings. The molecule has 2 amide bonds. The zero-order chi connectivity index (χ0) is 21.3. The second-order valence-corrected chi connectivity index (χ2v) is 8.81. The molecule has 0 radical (unpaired) electrons. The highest BCUT2D eigenvalue weighted by Crippen LogP contribution is 2.50. The molecule has 7 nitrogen and oxygen atoms in total. The Morgan fingerprint density at radius 3 is 2.60 bits per heavy atom. The molecule has 7 heteroatoms. The van der Waals surface area contributed by atoms with E-state index in [-0.39, 0.29) is 29.2 Å². The van der Waals surface area contributed by atoms with Crippen molar-refractivity contribution < 1.29 is 14.1 Å². The van der Waals surface area contributed by atoms with Crippen molar-refractivity contribution in [3.05, 3.63) is 47.6 Å². The van der Waals surface area contributed by atoms with Crippen molar-refractivity contribution in [2.75, 3.05) is 19.6 Å². The van der Waals surface area contributed by atoms with Gasteiger partial charge < -0.3 is 14.3 Å². The van der Waals surface area contributed by atoms with Crippen molar-refractivity contribution in [3.8, 4) is 0 Å². The van der Waals surface area contributed by atoms with Crippen LogP contribution < -0.4 is 0 Å². The maximum absolute atomic E-state index is 13.3. The highest BCUT2D eigenvalue weighted by Gasteiger charge is 2.53. The van der Waals surface area contributed by atoms with Gasteiger partial charge in [0, 0.05) is 38.9 Å². The van der Waals surface area contributed by atoms with E-state index in [0.717, 1.165) is 24.8 Å². The van der Waals surface area contributed by atoms with Crippen LogP contribution in [-0.4, -0.2) is 57.4 Å². The van der Waals surface area contributed by atoms with Gasteiger partial charge in [-0.3, -0.25) is 9.59 Å². The largest absolute Gasteiger partial charge is 0.340 e. The molecule has 1 saturated heterocycles. The molecule has 0 spiro atoms. The summed E-state index contributed by atoms with van der Waals surface area (Å²) in [5, 5.41) is 4.02. The van der Waals surface area contributed by atoms with E-state index < -0.39 is 0 Å². The lowest BCUT2D eigenvalue weighted by atomic mass is 9.94. The standard InChI is InChI=1S/C23H30N4O3/c1-16(2)21-24-20(25-30-21)10-14-27(17(3)28)19-9-13-26(15-19)22(29)23(11-12-23)18-7-5-4-6-8-18/h4-8,16,19H,9-15H2,1-3H3. The molecular formula is C23H30N4O3. The van der Waals surface area contributed by atoms with Gasteiger partial charge in [0.25, 0.3) is 0 Å². The third-order valence-corrected chi connectivity index (χ3v) is 6.34. The third-order valence-electron chi connectivity index (χ3n) is 6.34. The summed E-state index contributed by atoms with van der Waals surface area (Å²) in [5.74, 6) is 1.65. The predicted octanol–water partition coefficient (Wildman–Crippen LogP) is 2.92. The fourth-order valence-corrected chi connectivity index (χ4v) is 4.41. The first kappa shape index (κ1) is 20.6. The van der Waals surface area contributed by atoms with Gasteiger partial charge in [0.1, 0.15) is 0 Å². The Morgan fingerprint density at radius 1 is 1.27 bits per heavy atom. The third kappa shape index (κ3) is 3.98. The van der Waals surface area contributed by atoms with E-state index in [4.69, 9.17) is 4.52 Å². The van der Waals surface area contributed by atoms with Gasteiger partial charge in [0.2, 0.25) is 17.7 Å². The molecule has 2 aromatic rings. The lowest BCUT2D eigenvalue weighted by Crippen LogP contribution is -2.44. The summed E-state index contributed by atoms with van der Waals surface area (Å²) < 4.78 is 5.26. The molecule has 0 N–H and O–H groups in total. The number of likely N-dealkylation sites (tertiary alicyclic amines) is 1. The lowest BCUT2D eigenvalue weighted by Gasteiger charge is -2.29. The summed E-state index contributed by atoms with van der Waals surface area (Å²) in [4.78, 5) is 33.9. The molecule has 2 aliphatic rings. The van der Waals surface area contributed by atoms with Crippen LogP contribution in [0.1, 0.15) is 63.2 Å². The van der Waals surface area contributed by atoms with Crippen molar-refractivity contribution >= 4 is 11.8 Å². The van der Waals surface area contributed by atoms with Crippen molar-refractivity contribution in [1.29, 1.82) is 0 Å². The minimum absolute atomic E-state index is 0.0195. The van der Waals surface area contributed by atoms with E-state index in [1.54, 1.807) is 6.92 Å².